The molecule has 1 N–H and O–H groups in total. The summed E-state index contributed by atoms with van der Waals surface area (Å²) in [5.41, 5.74) is 1.52. The average molecular weight is 366 g/mol. The Morgan fingerprint density at radius 1 is 1.33 bits per heavy atom. The van der Waals surface area contributed by atoms with Gasteiger partial charge in [-0.2, -0.15) is 0 Å². The van der Waals surface area contributed by atoms with E-state index in [1.54, 1.807) is 29.3 Å². The summed E-state index contributed by atoms with van der Waals surface area (Å²) >= 11 is 5.93. The summed E-state index contributed by atoms with van der Waals surface area (Å²) in [6.45, 7) is 0.782. The maximum Gasteiger partial charge on any atom is 0.256 e. The van der Waals surface area contributed by atoms with Crippen molar-refractivity contribution in [3.8, 4) is 0 Å². The van der Waals surface area contributed by atoms with E-state index >= 15 is 0 Å². The van der Waals surface area contributed by atoms with Crippen LogP contribution in [0.1, 0.15) is 5.56 Å². The van der Waals surface area contributed by atoms with E-state index in [-0.39, 0.29) is 11.7 Å². The van der Waals surface area contributed by atoms with E-state index in [2.05, 4.69) is 9.71 Å². The predicted octanol–water partition coefficient (Wildman–Crippen LogP) is 1.50. The zero-order chi connectivity index (χ0) is 17.2. The summed E-state index contributed by atoms with van der Waals surface area (Å²) in [4.78, 5) is 13.9. The Kier molecular flexibility index (Phi) is 4.73. The van der Waals surface area contributed by atoms with Crippen molar-refractivity contribution in [3.63, 3.8) is 0 Å². The van der Waals surface area contributed by atoms with Gasteiger partial charge < -0.3 is 10.2 Å². The standard InChI is InChI=1S/C16H16ClN3O3S/c17-14-3-1-2-12(10-14)6-7-18-16(21)13-4-5-15-19-24(22,23)9-8-20(15)11-13/h1-5,10-11H,6-9H2,(H,18,21). The summed E-state index contributed by atoms with van der Waals surface area (Å²) in [5.74, 6) is 0.0855. The normalized spacial score (nSPS) is 18.5. The van der Waals surface area contributed by atoms with Gasteiger partial charge in [0.1, 0.15) is 5.84 Å². The van der Waals surface area contributed by atoms with Crippen molar-refractivity contribution in [2.45, 2.75) is 6.42 Å². The molecule has 0 atom stereocenters. The zero-order valence-corrected chi connectivity index (χ0v) is 14.3. The second-order valence-corrected chi connectivity index (χ2v) is 7.67. The van der Waals surface area contributed by atoms with Gasteiger partial charge in [-0.1, -0.05) is 23.7 Å². The molecular formula is C16H16ClN3O3S. The van der Waals surface area contributed by atoms with E-state index in [0.717, 1.165) is 5.56 Å². The van der Waals surface area contributed by atoms with Crippen LogP contribution in [0.3, 0.4) is 0 Å². The molecular weight excluding hydrogens is 350 g/mol. The van der Waals surface area contributed by atoms with Crippen LogP contribution in [0.4, 0.5) is 0 Å². The lowest BCUT2D eigenvalue weighted by molar-refractivity contribution is -0.117. The third-order valence-corrected chi connectivity index (χ3v) is 5.07. The molecule has 2 aliphatic heterocycles. The fourth-order valence-electron chi connectivity index (χ4n) is 2.45. The SMILES string of the molecule is O=C(NCCc1cccc(Cl)c1)C1=CN2CCS(=O)(=O)N=C2C=C1. The van der Waals surface area contributed by atoms with Crippen LogP contribution >= 0.6 is 11.6 Å². The molecule has 2 aliphatic rings. The van der Waals surface area contributed by atoms with Crippen LogP contribution in [0.25, 0.3) is 0 Å². The van der Waals surface area contributed by atoms with Gasteiger partial charge in [-0.3, -0.25) is 4.79 Å². The summed E-state index contributed by atoms with van der Waals surface area (Å²) in [7, 11) is -3.38. The van der Waals surface area contributed by atoms with E-state index < -0.39 is 10.0 Å². The van der Waals surface area contributed by atoms with E-state index in [0.29, 0.717) is 35.9 Å². The molecule has 1 aromatic carbocycles. The molecule has 1 aromatic rings. The Hall–Kier alpha value is -2.12. The topological polar surface area (TPSA) is 78.8 Å². The zero-order valence-electron chi connectivity index (χ0n) is 12.8. The molecule has 8 heteroatoms. The minimum atomic E-state index is -3.38. The molecule has 0 bridgehead atoms. The summed E-state index contributed by atoms with van der Waals surface area (Å²) < 4.78 is 26.6. The third-order valence-electron chi connectivity index (χ3n) is 3.67. The number of benzene rings is 1. The quantitative estimate of drug-likeness (QED) is 0.876. The van der Waals surface area contributed by atoms with Crippen molar-refractivity contribution < 1.29 is 13.2 Å². The van der Waals surface area contributed by atoms with Crippen LogP contribution in [0.2, 0.25) is 5.02 Å². The maximum absolute atomic E-state index is 12.2. The van der Waals surface area contributed by atoms with Gasteiger partial charge in [0, 0.05) is 24.3 Å². The van der Waals surface area contributed by atoms with E-state index in [1.165, 1.54) is 0 Å². The number of amidine groups is 1. The summed E-state index contributed by atoms with van der Waals surface area (Å²) in [5, 5.41) is 3.52. The first kappa shape index (κ1) is 16.7. The van der Waals surface area contributed by atoms with Gasteiger partial charge in [-0.15, -0.1) is 4.40 Å². The first-order chi connectivity index (χ1) is 11.4. The average Bonchev–Trinajstić information content (AvgIpc) is 2.53. The number of hydrogen-bond acceptors (Lipinski definition) is 4. The molecule has 0 spiro atoms. The lowest BCUT2D eigenvalue weighted by Crippen LogP contribution is -2.38. The number of amides is 1. The Labute approximate surface area is 145 Å². The van der Waals surface area contributed by atoms with Crippen LogP contribution in [-0.2, 0) is 21.2 Å². The van der Waals surface area contributed by atoms with Gasteiger partial charge in [0.25, 0.3) is 15.9 Å². The Balaban J connectivity index is 1.59. The smallest absolute Gasteiger partial charge is 0.256 e. The summed E-state index contributed by atoms with van der Waals surface area (Å²) in [6, 6.07) is 7.50. The first-order valence-electron chi connectivity index (χ1n) is 7.45. The molecule has 0 aromatic heterocycles. The third kappa shape index (κ3) is 4.04. The second kappa shape index (κ2) is 6.78. The van der Waals surface area contributed by atoms with Crippen LogP contribution < -0.4 is 5.32 Å². The minimum absolute atomic E-state index is 0.0511. The number of carbonyl (C=O) groups excluding carboxylic acids is 1. The van der Waals surface area contributed by atoms with E-state index in [1.807, 2.05) is 18.2 Å². The van der Waals surface area contributed by atoms with Crippen molar-refractivity contribution in [1.29, 1.82) is 0 Å². The molecule has 3 rings (SSSR count). The number of carbonyl (C=O) groups is 1. The minimum Gasteiger partial charge on any atom is -0.352 e. The molecule has 0 fully saturated rings. The molecule has 0 radical (unpaired) electrons. The first-order valence-corrected chi connectivity index (χ1v) is 9.43. The van der Waals surface area contributed by atoms with Crippen LogP contribution in [0.5, 0.6) is 0 Å². The van der Waals surface area contributed by atoms with Crippen LogP contribution in [-0.4, -0.2) is 43.9 Å². The van der Waals surface area contributed by atoms with Gasteiger partial charge in [0.2, 0.25) is 0 Å². The number of nitrogens with one attached hydrogen (secondary N) is 1. The van der Waals surface area contributed by atoms with E-state index in [9.17, 15) is 13.2 Å². The van der Waals surface area contributed by atoms with Gasteiger partial charge in [-0.05, 0) is 36.3 Å². The fourth-order valence-corrected chi connectivity index (χ4v) is 3.63. The number of nitrogens with zero attached hydrogens (tertiary/aromatic N) is 2. The lowest BCUT2D eigenvalue weighted by Gasteiger charge is -2.26. The number of sulfonamides is 1. The monoisotopic (exact) mass is 365 g/mol. The fraction of sp³-hybridized carbons (Fsp3) is 0.250. The maximum atomic E-state index is 12.2. The number of halogens is 1. The summed E-state index contributed by atoms with van der Waals surface area (Å²) in [6.07, 6.45) is 5.42. The highest BCUT2D eigenvalue weighted by Crippen LogP contribution is 2.16. The van der Waals surface area contributed by atoms with Crippen molar-refractivity contribution in [1.82, 2.24) is 10.2 Å². The lowest BCUT2D eigenvalue weighted by atomic mass is 10.1. The van der Waals surface area contributed by atoms with Crippen LogP contribution in [0, 0.1) is 0 Å². The number of fused-ring (bicyclic) bond motifs is 1. The Bertz CT molecular complexity index is 859. The highest BCUT2D eigenvalue weighted by atomic mass is 35.5. The predicted molar refractivity (Wildman–Crippen MR) is 93.3 cm³/mol. The molecule has 0 aliphatic carbocycles. The van der Waals surface area contributed by atoms with Crippen molar-refractivity contribution >= 4 is 33.4 Å². The van der Waals surface area contributed by atoms with Crippen molar-refractivity contribution in [2.75, 3.05) is 18.8 Å². The molecule has 1 amide bonds. The highest BCUT2D eigenvalue weighted by Gasteiger charge is 2.24. The number of hydrogen-bond donors (Lipinski definition) is 1. The molecule has 0 saturated heterocycles. The molecule has 2 heterocycles. The van der Waals surface area contributed by atoms with Crippen LogP contribution in [0.15, 0.2) is 52.6 Å². The highest BCUT2D eigenvalue weighted by molar-refractivity contribution is 7.90. The largest absolute Gasteiger partial charge is 0.352 e. The molecule has 0 unspecified atom stereocenters. The Morgan fingerprint density at radius 2 is 2.17 bits per heavy atom. The van der Waals surface area contributed by atoms with Crippen molar-refractivity contribution in [3.05, 3.63) is 58.8 Å². The van der Waals surface area contributed by atoms with E-state index in [4.69, 9.17) is 11.6 Å². The Morgan fingerprint density at radius 3 is 2.96 bits per heavy atom. The van der Waals surface area contributed by atoms with Crippen molar-refractivity contribution in [2.24, 2.45) is 4.40 Å². The molecule has 126 valence electrons. The number of rotatable bonds is 4. The molecule has 24 heavy (non-hydrogen) atoms. The van der Waals surface area contributed by atoms with Gasteiger partial charge >= 0.3 is 0 Å². The molecule has 0 saturated carbocycles. The van der Waals surface area contributed by atoms with Gasteiger partial charge in [0.05, 0.1) is 11.3 Å². The molecule has 6 nitrogen and oxygen atoms in total. The van der Waals surface area contributed by atoms with Gasteiger partial charge in [-0.25, -0.2) is 8.42 Å². The van der Waals surface area contributed by atoms with Gasteiger partial charge in [0.15, 0.2) is 0 Å². The second-order valence-electron chi connectivity index (χ2n) is 5.48.